The Labute approximate surface area is 158 Å². The number of piperidine rings is 1. The van der Waals surface area contributed by atoms with Crippen LogP contribution in [0.15, 0.2) is 46.9 Å². The highest BCUT2D eigenvalue weighted by Crippen LogP contribution is 2.23. The van der Waals surface area contributed by atoms with Crippen molar-refractivity contribution in [2.45, 2.75) is 33.2 Å². The lowest BCUT2D eigenvalue weighted by molar-refractivity contribution is -0.121. The second kappa shape index (κ2) is 8.15. The number of amides is 1. The van der Waals surface area contributed by atoms with Crippen molar-refractivity contribution in [1.82, 2.24) is 4.90 Å². The van der Waals surface area contributed by atoms with Gasteiger partial charge in [0.05, 0.1) is 0 Å². The molecule has 1 amide bonds. The van der Waals surface area contributed by atoms with Crippen LogP contribution in [0.3, 0.4) is 0 Å². The summed E-state index contributed by atoms with van der Waals surface area (Å²) in [7, 11) is 0. The molecular weight excluding hydrogens is 376 g/mol. The SMILES string of the molecule is Cc1ccc(NC(=O)C2CCN(Cc3cccc(Br)c3)CC2)c(C)c1. The first kappa shape index (κ1) is 18.2. The lowest BCUT2D eigenvalue weighted by Crippen LogP contribution is -2.37. The Bertz CT molecular complexity index is 751. The molecule has 1 saturated heterocycles. The van der Waals surface area contributed by atoms with E-state index in [1.807, 2.05) is 25.1 Å². The first-order chi connectivity index (χ1) is 12.0. The van der Waals surface area contributed by atoms with Crippen molar-refractivity contribution < 1.29 is 4.79 Å². The normalized spacial score (nSPS) is 16.0. The quantitative estimate of drug-likeness (QED) is 0.789. The Morgan fingerprint density at radius 1 is 1.16 bits per heavy atom. The molecule has 2 aromatic carbocycles. The number of nitrogens with one attached hydrogen (secondary N) is 1. The van der Waals surface area contributed by atoms with Crippen molar-refractivity contribution in [3.05, 3.63) is 63.6 Å². The minimum Gasteiger partial charge on any atom is -0.326 e. The van der Waals surface area contributed by atoms with Gasteiger partial charge in [-0.1, -0.05) is 45.8 Å². The Balaban J connectivity index is 1.52. The molecule has 1 heterocycles. The zero-order chi connectivity index (χ0) is 17.8. The predicted octanol–water partition coefficient (Wildman–Crippen LogP) is 4.92. The molecule has 1 aliphatic heterocycles. The molecule has 25 heavy (non-hydrogen) atoms. The van der Waals surface area contributed by atoms with Crippen LogP contribution in [0.25, 0.3) is 0 Å². The van der Waals surface area contributed by atoms with Gasteiger partial charge in [0, 0.05) is 22.6 Å². The Kier molecular flexibility index (Phi) is 5.92. The van der Waals surface area contributed by atoms with Gasteiger partial charge in [-0.15, -0.1) is 0 Å². The van der Waals surface area contributed by atoms with Crippen molar-refractivity contribution in [2.75, 3.05) is 18.4 Å². The van der Waals surface area contributed by atoms with Crippen molar-refractivity contribution in [3.8, 4) is 0 Å². The number of benzene rings is 2. The highest BCUT2D eigenvalue weighted by Gasteiger charge is 2.25. The molecule has 0 aliphatic carbocycles. The Hall–Kier alpha value is -1.65. The molecule has 4 heteroatoms. The van der Waals surface area contributed by atoms with Crippen LogP contribution in [0.1, 0.15) is 29.5 Å². The summed E-state index contributed by atoms with van der Waals surface area (Å²) in [5, 5.41) is 3.12. The predicted molar refractivity (Wildman–Crippen MR) is 107 cm³/mol. The number of halogens is 1. The standard InChI is InChI=1S/C21H25BrN2O/c1-15-6-7-20(16(2)12-15)23-21(25)18-8-10-24(11-9-18)14-17-4-3-5-19(22)13-17/h3-7,12-13,18H,8-11,14H2,1-2H3,(H,23,25). The fraction of sp³-hybridized carbons (Fsp3) is 0.381. The van der Waals surface area contributed by atoms with Crippen LogP contribution in [0.5, 0.6) is 0 Å². The van der Waals surface area contributed by atoms with Gasteiger partial charge in [0.2, 0.25) is 5.91 Å². The van der Waals surface area contributed by atoms with Crippen molar-refractivity contribution in [1.29, 1.82) is 0 Å². The maximum atomic E-state index is 12.6. The number of aryl methyl sites for hydroxylation is 2. The molecule has 132 valence electrons. The van der Waals surface area contributed by atoms with Crippen LogP contribution >= 0.6 is 15.9 Å². The third kappa shape index (κ3) is 4.93. The number of carbonyl (C=O) groups excluding carboxylic acids is 1. The second-order valence-electron chi connectivity index (χ2n) is 6.99. The first-order valence-electron chi connectivity index (χ1n) is 8.86. The summed E-state index contributed by atoms with van der Waals surface area (Å²) in [4.78, 5) is 15.0. The van der Waals surface area contributed by atoms with Crippen LogP contribution in [-0.2, 0) is 11.3 Å². The van der Waals surface area contributed by atoms with E-state index in [1.54, 1.807) is 0 Å². The van der Waals surface area contributed by atoms with Crippen molar-refractivity contribution in [2.24, 2.45) is 5.92 Å². The first-order valence-corrected chi connectivity index (χ1v) is 9.65. The van der Waals surface area contributed by atoms with E-state index in [0.29, 0.717) is 0 Å². The highest BCUT2D eigenvalue weighted by molar-refractivity contribution is 9.10. The number of rotatable bonds is 4. The second-order valence-corrected chi connectivity index (χ2v) is 7.90. The van der Waals surface area contributed by atoms with Gasteiger partial charge in [0.1, 0.15) is 0 Å². The van der Waals surface area contributed by atoms with Crippen LogP contribution in [0, 0.1) is 19.8 Å². The summed E-state index contributed by atoms with van der Waals surface area (Å²) in [6.45, 7) is 7.00. The van der Waals surface area contributed by atoms with Gasteiger partial charge in [0.25, 0.3) is 0 Å². The number of hydrogen-bond donors (Lipinski definition) is 1. The van der Waals surface area contributed by atoms with Crippen LogP contribution in [-0.4, -0.2) is 23.9 Å². The van der Waals surface area contributed by atoms with E-state index in [9.17, 15) is 4.79 Å². The lowest BCUT2D eigenvalue weighted by Gasteiger charge is -2.31. The number of carbonyl (C=O) groups is 1. The molecule has 1 aliphatic rings. The van der Waals surface area contributed by atoms with Gasteiger partial charge in [0.15, 0.2) is 0 Å². The topological polar surface area (TPSA) is 32.3 Å². The van der Waals surface area contributed by atoms with Gasteiger partial charge < -0.3 is 5.32 Å². The van der Waals surface area contributed by atoms with Crippen molar-refractivity contribution in [3.63, 3.8) is 0 Å². The summed E-state index contributed by atoms with van der Waals surface area (Å²) in [6.07, 6.45) is 1.84. The number of anilines is 1. The third-order valence-corrected chi connectivity index (χ3v) is 5.39. The minimum atomic E-state index is 0.111. The monoisotopic (exact) mass is 400 g/mol. The van der Waals surface area contributed by atoms with Crippen molar-refractivity contribution >= 4 is 27.5 Å². The zero-order valence-electron chi connectivity index (χ0n) is 14.9. The maximum Gasteiger partial charge on any atom is 0.227 e. The van der Waals surface area contributed by atoms with Crippen LogP contribution in [0.4, 0.5) is 5.69 Å². The molecule has 2 aromatic rings. The molecule has 1 N–H and O–H groups in total. The van der Waals surface area contributed by atoms with Gasteiger partial charge in [-0.05, 0) is 69.1 Å². The minimum absolute atomic E-state index is 0.111. The average molecular weight is 401 g/mol. The van der Waals surface area contributed by atoms with E-state index in [-0.39, 0.29) is 11.8 Å². The van der Waals surface area contributed by atoms with Gasteiger partial charge >= 0.3 is 0 Å². The fourth-order valence-electron chi connectivity index (χ4n) is 3.44. The Morgan fingerprint density at radius 2 is 1.92 bits per heavy atom. The summed E-state index contributed by atoms with van der Waals surface area (Å²) < 4.78 is 1.12. The molecule has 0 saturated carbocycles. The molecule has 0 radical (unpaired) electrons. The van der Waals surface area contributed by atoms with E-state index in [2.05, 4.69) is 57.3 Å². The molecule has 0 spiro atoms. The molecule has 0 bridgehead atoms. The molecule has 0 unspecified atom stereocenters. The van der Waals surface area contributed by atoms with E-state index in [1.165, 1.54) is 11.1 Å². The van der Waals surface area contributed by atoms with E-state index >= 15 is 0 Å². The summed E-state index contributed by atoms with van der Waals surface area (Å²) in [5.74, 6) is 0.272. The largest absolute Gasteiger partial charge is 0.326 e. The molecule has 0 atom stereocenters. The molecule has 1 fully saturated rings. The fourth-order valence-corrected chi connectivity index (χ4v) is 3.88. The van der Waals surface area contributed by atoms with Gasteiger partial charge in [-0.3, -0.25) is 9.69 Å². The number of likely N-dealkylation sites (tertiary alicyclic amines) is 1. The zero-order valence-corrected chi connectivity index (χ0v) is 16.5. The van der Waals surface area contributed by atoms with Gasteiger partial charge in [-0.25, -0.2) is 0 Å². The van der Waals surface area contributed by atoms with E-state index in [4.69, 9.17) is 0 Å². The van der Waals surface area contributed by atoms with E-state index in [0.717, 1.165) is 48.2 Å². The smallest absolute Gasteiger partial charge is 0.227 e. The van der Waals surface area contributed by atoms with Crippen LogP contribution in [0.2, 0.25) is 0 Å². The Morgan fingerprint density at radius 3 is 2.60 bits per heavy atom. The maximum absolute atomic E-state index is 12.6. The summed E-state index contributed by atoms with van der Waals surface area (Å²) in [5.41, 5.74) is 4.59. The molecule has 3 rings (SSSR count). The summed E-state index contributed by atoms with van der Waals surface area (Å²) >= 11 is 3.53. The molecular formula is C21H25BrN2O. The molecule has 0 aromatic heterocycles. The van der Waals surface area contributed by atoms with E-state index < -0.39 is 0 Å². The number of hydrogen-bond acceptors (Lipinski definition) is 2. The third-order valence-electron chi connectivity index (χ3n) is 4.89. The highest BCUT2D eigenvalue weighted by atomic mass is 79.9. The van der Waals surface area contributed by atoms with Crippen LogP contribution < -0.4 is 5.32 Å². The number of nitrogens with zero attached hydrogens (tertiary/aromatic N) is 1. The summed E-state index contributed by atoms with van der Waals surface area (Å²) in [6, 6.07) is 14.6. The lowest BCUT2D eigenvalue weighted by atomic mass is 9.95. The molecule has 3 nitrogen and oxygen atoms in total. The van der Waals surface area contributed by atoms with Gasteiger partial charge in [-0.2, -0.15) is 0 Å². The average Bonchev–Trinajstić information content (AvgIpc) is 2.58.